The summed E-state index contributed by atoms with van der Waals surface area (Å²) in [7, 11) is 0. The smallest absolute Gasteiger partial charge is 0.333 e. The zero-order chi connectivity index (χ0) is 14.7. The Morgan fingerprint density at radius 3 is 2.26 bits per heavy atom. The molecule has 0 bridgehead atoms. The van der Waals surface area contributed by atoms with Crippen LogP contribution >= 0.6 is 0 Å². The van der Waals surface area contributed by atoms with Crippen LogP contribution in [0.15, 0.2) is 12.2 Å². The molecule has 0 saturated carbocycles. The number of piperidine rings is 1. The molecule has 1 heterocycles. The predicted molar refractivity (Wildman–Crippen MR) is 79.0 cm³/mol. The van der Waals surface area contributed by atoms with Gasteiger partial charge in [-0.1, -0.05) is 6.58 Å². The zero-order valence-electron chi connectivity index (χ0n) is 13.1. The SMILES string of the molecule is C=C(C)C(=O)OCCCC1CC(C)(C)NC(C)(C)C1. The van der Waals surface area contributed by atoms with Gasteiger partial charge in [-0.25, -0.2) is 4.79 Å². The lowest BCUT2D eigenvalue weighted by molar-refractivity contribution is -0.139. The van der Waals surface area contributed by atoms with Crippen LogP contribution in [-0.4, -0.2) is 23.7 Å². The van der Waals surface area contributed by atoms with Crippen LogP contribution in [0.2, 0.25) is 0 Å². The standard InChI is InChI=1S/C16H29NO2/c1-12(2)14(18)19-9-7-8-13-10-15(3,4)17-16(5,6)11-13/h13,17H,1,7-11H2,2-6H3. The molecule has 1 N–H and O–H groups in total. The van der Waals surface area contributed by atoms with Crippen LogP contribution < -0.4 is 5.32 Å². The number of nitrogens with one attached hydrogen (secondary N) is 1. The highest BCUT2D eigenvalue weighted by molar-refractivity contribution is 5.86. The molecular weight excluding hydrogens is 238 g/mol. The van der Waals surface area contributed by atoms with Crippen molar-refractivity contribution in [2.24, 2.45) is 5.92 Å². The number of ether oxygens (including phenoxy) is 1. The molecule has 0 aromatic heterocycles. The van der Waals surface area contributed by atoms with Gasteiger partial charge in [0, 0.05) is 16.7 Å². The van der Waals surface area contributed by atoms with Crippen LogP contribution in [-0.2, 0) is 9.53 Å². The Hall–Kier alpha value is -0.830. The van der Waals surface area contributed by atoms with E-state index in [9.17, 15) is 4.79 Å². The van der Waals surface area contributed by atoms with Crippen LogP contribution in [0.5, 0.6) is 0 Å². The predicted octanol–water partition coefficient (Wildman–Crippen LogP) is 3.44. The minimum Gasteiger partial charge on any atom is -0.462 e. The third-order valence-corrected chi connectivity index (χ3v) is 3.61. The van der Waals surface area contributed by atoms with E-state index in [4.69, 9.17) is 4.74 Å². The van der Waals surface area contributed by atoms with Crippen LogP contribution in [0.4, 0.5) is 0 Å². The topological polar surface area (TPSA) is 38.3 Å². The van der Waals surface area contributed by atoms with Crippen molar-refractivity contribution >= 4 is 5.97 Å². The molecule has 1 aliphatic heterocycles. The Kier molecular flexibility index (Phi) is 5.19. The van der Waals surface area contributed by atoms with E-state index < -0.39 is 0 Å². The van der Waals surface area contributed by atoms with Crippen molar-refractivity contribution < 1.29 is 9.53 Å². The van der Waals surface area contributed by atoms with Crippen molar-refractivity contribution in [2.75, 3.05) is 6.61 Å². The van der Waals surface area contributed by atoms with Gasteiger partial charge in [-0.15, -0.1) is 0 Å². The van der Waals surface area contributed by atoms with Crippen molar-refractivity contribution in [2.45, 2.75) is 71.4 Å². The Morgan fingerprint density at radius 2 is 1.79 bits per heavy atom. The zero-order valence-corrected chi connectivity index (χ0v) is 13.1. The van der Waals surface area contributed by atoms with E-state index >= 15 is 0 Å². The number of carbonyl (C=O) groups excluding carboxylic acids is 1. The molecule has 19 heavy (non-hydrogen) atoms. The summed E-state index contributed by atoms with van der Waals surface area (Å²) in [6.45, 7) is 14.8. The molecule has 3 heteroatoms. The first kappa shape index (κ1) is 16.2. The minimum atomic E-state index is -0.272. The molecule has 0 unspecified atom stereocenters. The Bertz CT molecular complexity index is 329. The van der Waals surface area contributed by atoms with Gasteiger partial charge in [0.15, 0.2) is 0 Å². The summed E-state index contributed by atoms with van der Waals surface area (Å²) < 4.78 is 5.14. The van der Waals surface area contributed by atoms with Crippen molar-refractivity contribution in [3.63, 3.8) is 0 Å². The maximum atomic E-state index is 11.3. The fourth-order valence-electron chi connectivity index (χ4n) is 3.40. The van der Waals surface area contributed by atoms with Gasteiger partial charge in [-0.3, -0.25) is 0 Å². The number of hydrogen-bond acceptors (Lipinski definition) is 3. The van der Waals surface area contributed by atoms with Gasteiger partial charge >= 0.3 is 5.97 Å². The molecule has 0 spiro atoms. The fourth-order valence-corrected chi connectivity index (χ4v) is 3.40. The first-order valence-corrected chi connectivity index (χ1v) is 7.23. The average molecular weight is 267 g/mol. The lowest BCUT2D eigenvalue weighted by atomic mass is 9.74. The summed E-state index contributed by atoms with van der Waals surface area (Å²) in [4.78, 5) is 11.3. The van der Waals surface area contributed by atoms with E-state index in [1.54, 1.807) is 6.92 Å². The summed E-state index contributed by atoms with van der Waals surface area (Å²) in [5.41, 5.74) is 0.867. The largest absolute Gasteiger partial charge is 0.462 e. The Balaban J connectivity index is 2.33. The second-order valence-corrected chi connectivity index (χ2v) is 7.23. The average Bonchev–Trinajstić information content (AvgIpc) is 2.19. The van der Waals surface area contributed by atoms with Crippen LogP contribution in [0.3, 0.4) is 0 Å². The van der Waals surface area contributed by atoms with E-state index in [1.165, 1.54) is 12.8 Å². The number of hydrogen-bond donors (Lipinski definition) is 1. The molecular formula is C16H29NO2. The highest BCUT2D eigenvalue weighted by atomic mass is 16.5. The molecule has 0 atom stereocenters. The lowest BCUT2D eigenvalue weighted by Gasteiger charge is -2.46. The summed E-state index contributed by atoms with van der Waals surface area (Å²) in [5.74, 6) is 0.431. The van der Waals surface area contributed by atoms with Crippen LogP contribution in [0.25, 0.3) is 0 Å². The van der Waals surface area contributed by atoms with Crippen molar-refractivity contribution in [3.8, 4) is 0 Å². The van der Waals surface area contributed by atoms with Gasteiger partial charge in [0.25, 0.3) is 0 Å². The van der Waals surface area contributed by atoms with Gasteiger partial charge in [0.1, 0.15) is 0 Å². The number of esters is 1. The lowest BCUT2D eigenvalue weighted by Crippen LogP contribution is -2.57. The van der Waals surface area contributed by atoms with Gasteiger partial charge < -0.3 is 10.1 Å². The van der Waals surface area contributed by atoms with Crippen LogP contribution in [0, 0.1) is 5.92 Å². The molecule has 0 radical (unpaired) electrons. The number of rotatable bonds is 5. The first-order valence-electron chi connectivity index (χ1n) is 7.23. The summed E-state index contributed by atoms with van der Waals surface area (Å²) in [5, 5.41) is 3.69. The van der Waals surface area contributed by atoms with Gasteiger partial charge in [0.2, 0.25) is 0 Å². The fraction of sp³-hybridized carbons (Fsp3) is 0.812. The van der Waals surface area contributed by atoms with E-state index in [1.807, 2.05) is 0 Å². The summed E-state index contributed by atoms with van der Waals surface area (Å²) >= 11 is 0. The molecule has 0 aromatic rings. The second-order valence-electron chi connectivity index (χ2n) is 7.23. The third-order valence-electron chi connectivity index (χ3n) is 3.61. The first-order chi connectivity index (χ1) is 8.61. The van der Waals surface area contributed by atoms with E-state index in [-0.39, 0.29) is 17.0 Å². The Labute approximate surface area is 117 Å². The normalized spacial score (nSPS) is 21.9. The third kappa shape index (κ3) is 5.77. The maximum absolute atomic E-state index is 11.3. The summed E-state index contributed by atoms with van der Waals surface area (Å²) in [6.07, 6.45) is 4.43. The number of carbonyl (C=O) groups is 1. The Morgan fingerprint density at radius 1 is 1.26 bits per heavy atom. The highest BCUT2D eigenvalue weighted by Crippen LogP contribution is 2.35. The summed E-state index contributed by atoms with van der Waals surface area (Å²) in [6, 6.07) is 0. The molecule has 110 valence electrons. The maximum Gasteiger partial charge on any atom is 0.333 e. The van der Waals surface area contributed by atoms with E-state index in [0.29, 0.717) is 18.1 Å². The van der Waals surface area contributed by atoms with Gasteiger partial charge in [-0.2, -0.15) is 0 Å². The van der Waals surface area contributed by atoms with Gasteiger partial charge in [-0.05, 0) is 66.2 Å². The molecule has 0 aliphatic carbocycles. The highest BCUT2D eigenvalue weighted by Gasteiger charge is 2.37. The van der Waals surface area contributed by atoms with Gasteiger partial charge in [0.05, 0.1) is 6.61 Å². The molecule has 0 aromatic carbocycles. The monoisotopic (exact) mass is 267 g/mol. The quantitative estimate of drug-likeness (QED) is 0.471. The van der Waals surface area contributed by atoms with Crippen molar-refractivity contribution in [1.82, 2.24) is 5.32 Å². The molecule has 1 saturated heterocycles. The minimum absolute atomic E-state index is 0.195. The second kappa shape index (κ2) is 6.08. The molecule has 0 amide bonds. The van der Waals surface area contributed by atoms with E-state index in [2.05, 4.69) is 39.6 Å². The van der Waals surface area contributed by atoms with Crippen molar-refractivity contribution in [3.05, 3.63) is 12.2 Å². The van der Waals surface area contributed by atoms with Crippen LogP contribution in [0.1, 0.15) is 60.3 Å². The molecule has 1 rings (SSSR count). The molecule has 3 nitrogen and oxygen atoms in total. The molecule has 1 aliphatic rings. The van der Waals surface area contributed by atoms with Crippen molar-refractivity contribution in [1.29, 1.82) is 0 Å². The molecule has 1 fully saturated rings. The van der Waals surface area contributed by atoms with E-state index in [0.717, 1.165) is 12.8 Å².